The van der Waals surface area contributed by atoms with Crippen molar-refractivity contribution in [2.45, 2.75) is 13.0 Å². The molecule has 0 spiro atoms. The average molecular weight is 292 g/mol. The first-order valence-corrected chi connectivity index (χ1v) is 7.42. The summed E-state index contributed by atoms with van der Waals surface area (Å²) in [7, 11) is 5.66. The number of ether oxygens (including phenoxy) is 1. The summed E-state index contributed by atoms with van der Waals surface area (Å²) in [6.45, 7) is 4.50. The van der Waals surface area contributed by atoms with Gasteiger partial charge in [-0.15, -0.1) is 0 Å². The summed E-state index contributed by atoms with van der Waals surface area (Å²) >= 11 is 0. The van der Waals surface area contributed by atoms with Crippen molar-refractivity contribution in [3.63, 3.8) is 0 Å². The van der Waals surface area contributed by atoms with Crippen LogP contribution < -0.4 is 10.6 Å². The van der Waals surface area contributed by atoms with E-state index in [0.29, 0.717) is 0 Å². The first kappa shape index (κ1) is 17.5. The monoisotopic (exact) mass is 292 g/mol. The van der Waals surface area contributed by atoms with Crippen LogP contribution in [0.4, 0.5) is 0 Å². The Morgan fingerprint density at radius 1 is 1.19 bits per heavy atom. The van der Waals surface area contributed by atoms with Crippen LogP contribution in [0, 0.1) is 0 Å². The van der Waals surface area contributed by atoms with Crippen molar-refractivity contribution >= 4 is 5.96 Å². The second-order valence-electron chi connectivity index (χ2n) is 4.99. The fourth-order valence-electron chi connectivity index (χ4n) is 1.96. The molecule has 0 aliphatic heterocycles. The molecular weight excluding hydrogens is 264 g/mol. The number of nitrogens with one attached hydrogen (secondary N) is 2. The van der Waals surface area contributed by atoms with Gasteiger partial charge >= 0.3 is 0 Å². The van der Waals surface area contributed by atoms with Gasteiger partial charge in [0.15, 0.2) is 5.96 Å². The summed E-state index contributed by atoms with van der Waals surface area (Å²) in [5.41, 5.74) is 1.25. The van der Waals surface area contributed by atoms with Gasteiger partial charge in [-0.2, -0.15) is 0 Å². The predicted octanol–water partition coefficient (Wildman–Crippen LogP) is 1.32. The summed E-state index contributed by atoms with van der Waals surface area (Å²) in [5.74, 6) is 0.837. The molecule has 0 amide bonds. The Kier molecular flexibility index (Phi) is 9.24. The Bertz CT molecular complexity index is 395. The van der Waals surface area contributed by atoms with E-state index in [9.17, 15) is 0 Å². The number of hydrogen-bond donors (Lipinski definition) is 2. The van der Waals surface area contributed by atoms with E-state index in [0.717, 1.165) is 45.2 Å². The summed E-state index contributed by atoms with van der Waals surface area (Å²) in [6, 6.07) is 10.3. The molecule has 0 bridgehead atoms. The van der Waals surface area contributed by atoms with Gasteiger partial charge in [-0.25, -0.2) is 0 Å². The summed E-state index contributed by atoms with van der Waals surface area (Å²) < 4.78 is 5.05. The van der Waals surface area contributed by atoms with Crippen LogP contribution in [0.5, 0.6) is 0 Å². The molecule has 0 aliphatic carbocycles. The molecule has 0 saturated heterocycles. The van der Waals surface area contributed by atoms with E-state index in [-0.39, 0.29) is 0 Å². The molecule has 0 heterocycles. The minimum atomic E-state index is 0.782. The molecule has 0 fully saturated rings. The number of hydrogen-bond acceptors (Lipinski definition) is 3. The van der Waals surface area contributed by atoms with Crippen molar-refractivity contribution in [2.24, 2.45) is 4.99 Å². The fraction of sp³-hybridized carbons (Fsp3) is 0.562. The maximum Gasteiger partial charge on any atom is 0.191 e. The molecule has 21 heavy (non-hydrogen) atoms. The summed E-state index contributed by atoms with van der Waals surface area (Å²) in [4.78, 5) is 6.52. The molecule has 1 aromatic carbocycles. The lowest BCUT2D eigenvalue weighted by Crippen LogP contribution is -2.40. The molecule has 0 unspecified atom stereocenters. The molecular formula is C16H28N4O. The van der Waals surface area contributed by atoms with Gasteiger partial charge < -0.3 is 20.3 Å². The minimum Gasteiger partial charge on any atom is -0.385 e. The maximum absolute atomic E-state index is 5.05. The lowest BCUT2D eigenvalue weighted by atomic mass is 10.2. The molecule has 0 saturated carbocycles. The van der Waals surface area contributed by atoms with Crippen LogP contribution in [0.3, 0.4) is 0 Å². The quantitative estimate of drug-likeness (QED) is 0.409. The van der Waals surface area contributed by atoms with Gasteiger partial charge in [0, 0.05) is 46.9 Å². The van der Waals surface area contributed by atoms with Crippen LogP contribution in [0.2, 0.25) is 0 Å². The lowest BCUT2D eigenvalue weighted by molar-refractivity contribution is 0.180. The topological polar surface area (TPSA) is 48.9 Å². The van der Waals surface area contributed by atoms with Crippen LogP contribution in [0.25, 0.3) is 0 Å². The Morgan fingerprint density at radius 3 is 2.62 bits per heavy atom. The van der Waals surface area contributed by atoms with Crippen molar-refractivity contribution in [1.29, 1.82) is 0 Å². The van der Waals surface area contributed by atoms with Crippen LogP contribution in [-0.2, 0) is 11.3 Å². The number of aliphatic imine (C=N–C) groups is 1. The number of rotatable bonds is 9. The molecule has 1 rings (SSSR count). The fourth-order valence-corrected chi connectivity index (χ4v) is 1.96. The third kappa shape index (κ3) is 8.32. The van der Waals surface area contributed by atoms with Crippen LogP contribution in [0.15, 0.2) is 35.3 Å². The largest absolute Gasteiger partial charge is 0.385 e. The van der Waals surface area contributed by atoms with E-state index in [1.54, 1.807) is 14.2 Å². The molecule has 0 radical (unpaired) electrons. The number of benzene rings is 1. The van der Waals surface area contributed by atoms with Crippen molar-refractivity contribution in [1.82, 2.24) is 15.5 Å². The van der Waals surface area contributed by atoms with Gasteiger partial charge in [0.05, 0.1) is 0 Å². The number of nitrogens with zero attached hydrogens (tertiary/aromatic N) is 2. The second kappa shape index (κ2) is 11.1. The van der Waals surface area contributed by atoms with Crippen LogP contribution >= 0.6 is 0 Å². The molecule has 118 valence electrons. The molecule has 0 atom stereocenters. The third-order valence-electron chi connectivity index (χ3n) is 3.20. The van der Waals surface area contributed by atoms with Crippen molar-refractivity contribution in [2.75, 3.05) is 47.4 Å². The average Bonchev–Trinajstić information content (AvgIpc) is 2.52. The summed E-state index contributed by atoms with van der Waals surface area (Å²) in [6.07, 6.45) is 1.06. The Labute approximate surface area is 128 Å². The SMILES string of the molecule is CN=C(NCCN(C)CCCOC)NCc1ccccc1. The molecule has 0 aromatic heterocycles. The normalized spacial score (nSPS) is 11.7. The molecule has 1 aromatic rings. The van der Waals surface area contributed by atoms with E-state index < -0.39 is 0 Å². The van der Waals surface area contributed by atoms with Crippen molar-refractivity contribution in [3.05, 3.63) is 35.9 Å². The van der Waals surface area contributed by atoms with Gasteiger partial charge in [-0.1, -0.05) is 30.3 Å². The van der Waals surface area contributed by atoms with Crippen molar-refractivity contribution in [3.8, 4) is 0 Å². The Morgan fingerprint density at radius 2 is 1.95 bits per heavy atom. The number of methoxy groups -OCH3 is 1. The predicted molar refractivity (Wildman–Crippen MR) is 88.6 cm³/mol. The van der Waals surface area contributed by atoms with Gasteiger partial charge in [0.25, 0.3) is 0 Å². The third-order valence-corrected chi connectivity index (χ3v) is 3.20. The number of likely N-dealkylation sites (N-methyl/N-ethyl adjacent to an activating group) is 1. The minimum absolute atomic E-state index is 0.782. The summed E-state index contributed by atoms with van der Waals surface area (Å²) in [5, 5.41) is 6.64. The lowest BCUT2D eigenvalue weighted by Gasteiger charge is -2.18. The highest BCUT2D eigenvalue weighted by molar-refractivity contribution is 5.79. The highest BCUT2D eigenvalue weighted by atomic mass is 16.5. The molecule has 5 heteroatoms. The van der Waals surface area contributed by atoms with Crippen LogP contribution in [0.1, 0.15) is 12.0 Å². The second-order valence-corrected chi connectivity index (χ2v) is 4.99. The molecule has 0 aliphatic rings. The first-order chi connectivity index (χ1) is 10.3. The smallest absolute Gasteiger partial charge is 0.191 e. The Balaban J connectivity index is 2.17. The highest BCUT2D eigenvalue weighted by Crippen LogP contribution is 1.96. The molecule has 5 nitrogen and oxygen atoms in total. The number of guanidine groups is 1. The van der Waals surface area contributed by atoms with Crippen molar-refractivity contribution < 1.29 is 4.74 Å². The van der Waals surface area contributed by atoms with E-state index in [4.69, 9.17) is 4.74 Å². The van der Waals surface area contributed by atoms with Gasteiger partial charge in [-0.3, -0.25) is 4.99 Å². The van der Waals surface area contributed by atoms with Gasteiger partial charge in [0.2, 0.25) is 0 Å². The highest BCUT2D eigenvalue weighted by Gasteiger charge is 2.00. The standard InChI is InChI=1S/C16H28N4O/c1-17-16(19-14-15-8-5-4-6-9-15)18-10-12-20(2)11-7-13-21-3/h4-6,8-9H,7,10-14H2,1-3H3,(H2,17,18,19). The van der Waals surface area contributed by atoms with Gasteiger partial charge in [-0.05, 0) is 19.0 Å². The Hall–Kier alpha value is -1.59. The van der Waals surface area contributed by atoms with E-state index in [1.165, 1.54) is 5.56 Å². The zero-order valence-electron chi connectivity index (χ0n) is 13.4. The van der Waals surface area contributed by atoms with Gasteiger partial charge in [0.1, 0.15) is 0 Å². The van der Waals surface area contributed by atoms with E-state index >= 15 is 0 Å². The van der Waals surface area contributed by atoms with Crippen LogP contribution in [-0.4, -0.2) is 58.3 Å². The zero-order chi connectivity index (χ0) is 15.3. The maximum atomic E-state index is 5.05. The first-order valence-electron chi connectivity index (χ1n) is 7.42. The molecule has 2 N–H and O–H groups in total. The van der Waals surface area contributed by atoms with E-state index in [2.05, 4.69) is 39.7 Å². The zero-order valence-corrected chi connectivity index (χ0v) is 13.4. The van der Waals surface area contributed by atoms with E-state index in [1.807, 2.05) is 18.2 Å².